The second kappa shape index (κ2) is 5.14. The first-order chi connectivity index (χ1) is 8.54. The van der Waals surface area contributed by atoms with E-state index in [1.807, 2.05) is 26.0 Å². The van der Waals surface area contributed by atoms with Crippen LogP contribution in [-0.4, -0.2) is 9.97 Å². The Morgan fingerprint density at radius 1 is 1.11 bits per heavy atom. The highest BCUT2D eigenvalue weighted by Crippen LogP contribution is 2.23. The molecule has 2 rings (SSSR count). The molecule has 2 aromatic rings. The molecule has 1 aromatic heterocycles. The van der Waals surface area contributed by atoms with Crippen molar-refractivity contribution in [2.75, 3.05) is 0 Å². The first-order valence-electron chi connectivity index (χ1n) is 5.56. The van der Waals surface area contributed by atoms with Gasteiger partial charge in [0, 0.05) is 0 Å². The van der Waals surface area contributed by atoms with E-state index >= 15 is 0 Å². The number of hydrogen-bond donors (Lipinski definition) is 1. The predicted molar refractivity (Wildman–Crippen MR) is 76.1 cm³/mol. The summed E-state index contributed by atoms with van der Waals surface area (Å²) in [5.41, 5.74) is 8.41. The molecule has 0 fully saturated rings. The lowest BCUT2D eigenvalue weighted by Crippen LogP contribution is -2.10. The van der Waals surface area contributed by atoms with Gasteiger partial charge in [0.05, 0.1) is 11.9 Å². The third-order valence-electron chi connectivity index (χ3n) is 2.42. The average Bonchev–Trinajstić information content (AvgIpc) is 2.28. The molecule has 0 aliphatic carbocycles. The van der Waals surface area contributed by atoms with E-state index in [0.717, 1.165) is 16.9 Å². The van der Waals surface area contributed by atoms with E-state index in [2.05, 4.69) is 11.1 Å². The van der Waals surface area contributed by atoms with Gasteiger partial charge in [-0.2, -0.15) is 0 Å². The molecule has 0 saturated carbocycles. The van der Waals surface area contributed by atoms with Crippen LogP contribution in [0.5, 0.6) is 11.5 Å². The summed E-state index contributed by atoms with van der Waals surface area (Å²) in [4.78, 5) is 4.41. The van der Waals surface area contributed by atoms with Crippen molar-refractivity contribution in [2.24, 2.45) is 5.73 Å². The molecule has 1 heterocycles. The van der Waals surface area contributed by atoms with E-state index < -0.39 is 0 Å². The van der Waals surface area contributed by atoms with Gasteiger partial charge in [0.15, 0.2) is 0 Å². The Morgan fingerprint density at radius 3 is 2.28 bits per heavy atom. The zero-order chi connectivity index (χ0) is 13.1. The standard InChI is InChI=1S/C14H14N2OS/c1-9-5-10(2)7-12(6-9)17-11-3-4-13(14(15)18)16-8-11/h3-8H,1-2H3,(H2,15,18). The minimum atomic E-state index is 0.285. The zero-order valence-corrected chi connectivity index (χ0v) is 11.1. The van der Waals surface area contributed by atoms with E-state index in [1.165, 1.54) is 0 Å². The van der Waals surface area contributed by atoms with Crippen molar-refractivity contribution >= 4 is 17.2 Å². The maximum atomic E-state index is 5.73. The Labute approximate surface area is 112 Å². The summed E-state index contributed by atoms with van der Waals surface area (Å²) >= 11 is 4.84. The molecule has 0 amide bonds. The van der Waals surface area contributed by atoms with Crippen molar-refractivity contribution in [2.45, 2.75) is 13.8 Å². The van der Waals surface area contributed by atoms with E-state index in [4.69, 9.17) is 22.7 Å². The van der Waals surface area contributed by atoms with Crippen LogP contribution in [0.1, 0.15) is 16.8 Å². The first kappa shape index (κ1) is 12.5. The van der Waals surface area contributed by atoms with Crippen LogP contribution in [0.25, 0.3) is 0 Å². The second-order valence-corrected chi connectivity index (χ2v) is 4.61. The molecule has 4 heteroatoms. The normalized spacial score (nSPS) is 10.1. The SMILES string of the molecule is Cc1cc(C)cc(Oc2ccc(C(N)=S)nc2)c1. The third-order valence-corrected chi connectivity index (χ3v) is 2.63. The van der Waals surface area contributed by atoms with E-state index in [9.17, 15) is 0 Å². The molecule has 0 spiro atoms. The smallest absolute Gasteiger partial charge is 0.145 e. The topological polar surface area (TPSA) is 48.1 Å². The number of nitrogens with two attached hydrogens (primary N) is 1. The molecule has 2 N–H and O–H groups in total. The molecule has 0 unspecified atom stereocenters. The van der Waals surface area contributed by atoms with Crippen LogP contribution in [0.2, 0.25) is 0 Å². The third kappa shape index (κ3) is 3.05. The summed E-state index contributed by atoms with van der Waals surface area (Å²) < 4.78 is 5.73. The number of benzene rings is 1. The number of aromatic nitrogens is 1. The fourth-order valence-electron chi connectivity index (χ4n) is 1.71. The van der Waals surface area contributed by atoms with E-state index in [1.54, 1.807) is 18.3 Å². The van der Waals surface area contributed by atoms with Crippen LogP contribution in [0, 0.1) is 13.8 Å². The fraction of sp³-hybridized carbons (Fsp3) is 0.143. The van der Waals surface area contributed by atoms with Gasteiger partial charge in [-0.3, -0.25) is 0 Å². The maximum absolute atomic E-state index is 5.73. The molecule has 0 radical (unpaired) electrons. The van der Waals surface area contributed by atoms with Gasteiger partial charge in [-0.15, -0.1) is 0 Å². The van der Waals surface area contributed by atoms with Gasteiger partial charge in [-0.1, -0.05) is 18.3 Å². The van der Waals surface area contributed by atoms with Crippen molar-refractivity contribution in [3.63, 3.8) is 0 Å². The van der Waals surface area contributed by atoms with Gasteiger partial charge in [-0.05, 0) is 49.2 Å². The summed E-state index contributed by atoms with van der Waals surface area (Å²) in [6.45, 7) is 4.07. The van der Waals surface area contributed by atoms with E-state index in [0.29, 0.717) is 11.4 Å². The molecular formula is C14H14N2OS. The highest BCUT2D eigenvalue weighted by Gasteiger charge is 2.02. The van der Waals surface area contributed by atoms with Crippen molar-refractivity contribution < 1.29 is 4.74 Å². The summed E-state index contributed by atoms with van der Waals surface area (Å²) in [6.07, 6.45) is 1.62. The monoisotopic (exact) mass is 258 g/mol. The highest BCUT2D eigenvalue weighted by atomic mass is 32.1. The summed E-state index contributed by atoms with van der Waals surface area (Å²) in [7, 11) is 0. The van der Waals surface area contributed by atoms with Crippen molar-refractivity contribution in [3.05, 3.63) is 53.3 Å². The molecule has 0 saturated heterocycles. The first-order valence-corrected chi connectivity index (χ1v) is 5.97. The second-order valence-electron chi connectivity index (χ2n) is 4.17. The Balaban J connectivity index is 2.20. The zero-order valence-electron chi connectivity index (χ0n) is 10.3. The molecule has 0 aliphatic rings. The average molecular weight is 258 g/mol. The molecule has 92 valence electrons. The highest BCUT2D eigenvalue weighted by molar-refractivity contribution is 7.80. The summed E-state index contributed by atoms with van der Waals surface area (Å²) in [5, 5.41) is 0. The number of thiocarbonyl (C=S) groups is 1. The number of nitrogens with zero attached hydrogens (tertiary/aromatic N) is 1. The molecule has 0 atom stereocenters. The minimum Gasteiger partial charge on any atom is -0.456 e. The quantitative estimate of drug-likeness (QED) is 0.859. The van der Waals surface area contributed by atoms with Crippen LogP contribution in [0.3, 0.4) is 0 Å². The molecule has 0 aliphatic heterocycles. The Bertz CT molecular complexity index is 559. The number of ether oxygens (including phenoxy) is 1. The molecule has 1 aromatic carbocycles. The Kier molecular flexibility index (Phi) is 3.58. The van der Waals surface area contributed by atoms with Crippen LogP contribution >= 0.6 is 12.2 Å². The molecular weight excluding hydrogens is 244 g/mol. The lowest BCUT2D eigenvalue weighted by atomic mass is 10.1. The van der Waals surface area contributed by atoms with Crippen molar-refractivity contribution in [3.8, 4) is 11.5 Å². The largest absolute Gasteiger partial charge is 0.456 e. The maximum Gasteiger partial charge on any atom is 0.145 e. The van der Waals surface area contributed by atoms with Crippen molar-refractivity contribution in [1.82, 2.24) is 4.98 Å². The number of hydrogen-bond acceptors (Lipinski definition) is 3. The molecule has 18 heavy (non-hydrogen) atoms. The number of pyridine rings is 1. The van der Waals surface area contributed by atoms with Crippen LogP contribution < -0.4 is 10.5 Å². The number of rotatable bonds is 3. The van der Waals surface area contributed by atoms with Gasteiger partial charge in [0.1, 0.15) is 16.5 Å². The van der Waals surface area contributed by atoms with Crippen molar-refractivity contribution in [1.29, 1.82) is 0 Å². The minimum absolute atomic E-state index is 0.285. The van der Waals surface area contributed by atoms with Gasteiger partial charge in [0.2, 0.25) is 0 Å². The van der Waals surface area contributed by atoms with Gasteiger partial charge < -0.3 is 10.5 Å². The van der Waals surface area contributed by atoms with Gasteiger partial charge >= 0.3 is 0 Å². The summed E-state index contributed by atoms with van der Waals surface area (Å²) in [6, 6.07) is 9.61. The lowest BCUT2D eigenvalue weighted by molar-refractivity contribution is 0.479. The lowest BCUT2D eigenvalue weighted by Gasteiger charge is -2.07. The van der Waals surface area contributed by atoms with Crippen LogP contribution in [-0.2, 0) is 0 Å². The fourth-order valence-corrected chi connectivity index (χ4v) is 1.84. The van der Waals surface area contributed by atoms with Crippen LogP contribution in [0.15, 0.2) is 36.5 Å². The molecule has 0 bridgehead atoms. The Hall–Kier alpha value is -1.94. The van der Waals surface area contributed by atoms with Gasteiger partial charge in [-0.25, -0.2) is 4.98 Å². The van der Waals surface area contributed by atoms with Gasteiger partial charge in [0.25, 0.3) is 0 Å². The molecule has 3 nitrogen and oxygen atoms in total. The number of aryl methyl sites for hydroxylation is 2. The summed E-state index contributed by atoms with van der Waals surface area (Å²) in [5.74, 6) is 1.47. The Morgan fingerprint density at radius 2 is 1.78 bits per heavy atom. The van der Waals surface area contributed by atoms with Crippen LogP contribution in [0.4, 0.5) is 0 Å². The van der Waals surface area contributed by atoms with E-state index in [-0.39, 0.29) is 4.99 Å². The predicted octanol–water partition coefficient (Wildman–Crippen LogP) is 3.12.